The molecule has 1 atom stereocenters. The van der Waals surface area contributed by atoms with Gasteiger partial charge in [-0.05, 0) is 74.2 Å². The van der Waals surface area contributed by atoms with Crippen molar-refractivity contribution in [1.29, 1.82) is 0 Å². The van der Waals surface area contributed by atoms with Gasteiger partial charge in [-0.15, -0.1) is 0 Å². The number of aryl methyl sites for hydroxylation is 4. The van der Waals surface area contributed by atoms with E-state index in [1.54, 1.807) is 0 Å². The summed E-state index contributed by atoms with van der Waals surface area (Å²) in [6, 6.07) is 12.8. The van der Waals surface area contributed by atoms with Crippen LogP contribution >= 0.6 is 0 Å². The highest BCUT2D eigenvalue weighted by Gasteiger charge is 2.32. The molecule has 0 amide bonds. The highest BCUT2D eigenvalue weighted by molar-refractivity contribution is 6.06. The van der Waals surface area contributed by atoms with E-state index in [0.29, 0.717) is 13.2 Å². The summed E-state index contributed by atoms with van der Waals surface area (Å²) in [4.78, 5) is 13.7. The van der Waals surface area contributed by atoms with Gasteiger partial charge in [-0.1, -0.05) is 12.1 Å². The molecule has 0 aliphatic carbocycles. The van der Waals surface area contributed by atoms with E-state index >= 15 is 0 Å². The number of nitrogens with one attached hydrogen (secondary N) is 1. The molecule has 0 aromatic heterocycles. The van der Waals surface area contributed by atoms with Crippen molar-refractivity contribution in [3.8, 4) is 0 Å². The lowest BCUT2D eigenvalue weighted by atomic mass is 10.1. The molecule has 1 unspecified atom stereocenters. The number of hydrogen-bond acceptors (Lipinski definition) is 7. The number of nitrogens with two attached hydrogens (primary N) is 1. The molecule has 7 nitrogen and oxygen atoms in total. The molecule has 1 saturated heterocycles. The Morgan fingerprint density at radius 1 is 0.967 bits per heavy atom. The minimum Gasteiger partial charge on any atom is -0.378 e. The molecule has 3 N–H and O–H groups in total. The van der Waals surface area contributed by atoms with E-state index in [9.17, 15) is 0 Å². The number of ether oxygens (including phenoxy) is 1. The van der Waals surface area contributed by atoms with Crippen molar-refractivity contribution in [1.82, 2.24) is 4.90 Å². The van der Waals surface area contributed by atoms with Gasteiger partial charge >= 0.3 is 0 Å². The quantitative estimate of drug-likeness (QED) is 0.819. The topological polar surface area (TPSA) is 78.5 Å². The average Bonchev–Trinajstić information content (AvgIpc) is 2.70. The third kappa shape index (κ3) is 4.26. The summed E-state index contributed by atoms with van der Waals surface area (Å²) in [7, 11) is 0. The van der Waals surface area contributed by atoms with Gasteiger partial charge < -0.3 is 20.7 Å². The Kier molecular flexibility index (Phi) is 5.63. The first-order chi connectivity index (χ1) is 14.4. The van der Waals surface area contributed by atoms with Gasteiger partial charge in [0.25, 0.3) is 0 Å². The van der Waals surface area contributed by atoms with Gasteiger partial charge in [-0.3, -0.25) is 4.90 Å². The summed E-state index contributed by atoms with van der Waals surface area (Å²) in [5.74, 6) is 1.08. The zero-order valence-electron chi connectivity index (χ0n) is 18.1. The second-order valence-corrected chi connectivity index (χ2v) is 8.03. The average molecular weight is 407 g/mol. The van der Waals surface area contributed by atoms with Crippen molar-refractivity contribution < 1.29 is 4.74 Å². The summed E-state index contributed by atoms with van der Waals surface area (Å²) in [6.07, 6.45) is -0.399. The molecule has 0 bridgehead atoms. The highest BCUT2D eigenvalue weighted by atomic mass is 16.5. The van der Waals surface area contributed by atoms with Crippen LogP contribution in [0.1, 0.15) is 22.3 Å². The summed E-state index contributed by atoms with van der Waals surface area (Å²) in [5.41, 5.74) is 13.1. The molecule has 158 valence electrons. The van der Waals surface area contributed by atoms with Crippen molar-refractivity contribution in [2.45, 2.75) is 34.0 Å². The number of aliphatic imine (C=N–C) groups is 2. The summed E-state index contributed by atoms with van der Waals surface area (Å²) in [6.45, 7) is 11.3. The fraction of sp³-hybridized carbons (Fsp3) is 0.391. The van der Waals surface area contributed by atoms with Gasteiger partial charge in [0.1, 0.15) is 0 Å². The minimum absolute atomic E-state index is 0.276. The van der Waals surface area contributed by atoms with Gasteiger partial charge in [0.15, 0.2) is 0 Å². The molecular formula is C23H30N6O. The zero-order chi connectivity index (χ0) is 21.3. The molecule has 4 rings (SSSR count). The third-order valence-electron chi connectivity index (χ3n) is 5.51. The number of hydrogen-bond donors (Lipinski definition) is 2. The van der Waals surface area contributed by atoms with Crippen LogP contribution in [0, 0.1) is 27.7 Å². The van der Waals surface area contributed by atoms with Crippen molar-refractivity contribution >= 4 is 23.3 Å². The van der Waals surface area contributed by atoms with Gasteiger partial charge in [-0.2, -0.15) is 4.99 Å². The third-order valence-corrected chi connectivity index (χ3v) is 5.51. The van der Waals surface area contributed by atoms with Crippen molar-refractivity contribution in [2.24, 2.45) is 15.7 Å². The summed E-state index contributed by atoms with van der Waals surface area (Å²) >= 11 is 0. The lowest BCUT2D eigenvalue weighted by Crippen LogP contribution is -2.57. The predicted molar refractivity (Wildman–Crippen MR) is 123 cm³/mol. The zero-order valence-corrected chi connectivity index (χ0v) is 18.1. The first kappa shape index (κ1) is 20.2. The van der Waals surface area contributed by atoms with Crippen LogP contribution in [-0.4, -0.2) is 49.4 Å². The van der Waals surface area contributed by atoms with E-state index in [4.69, 9.17) is 10.5 Å². The largest absolute Gasteiger partial charge is 0.378 e. The first-order valence-corrected chi connectivity index (χ1v) is 10.4. The van der Waals surface area contributed by atoms with Crippen molar-refractivity contribution in [3.05, 3.63) is 58.7 Å². The smallest absolute Gasteiger partial charge is 0.222 e. The maximum Gasteiger partial charge on any atom is 0.222 e. The molecule has 0 saturated carbocycles. The first-order valence-electron chi connectivity index (χ1n) is 10.4. The van der Waals surface area contributed by atoms with Crippen LogP contribution < -0.4 is 16.0 Å². The highest BCUT2D eigenvalue weighted by Crippen LogP contribution is 2.27. The lowest BCUT2D eigenvalue weighted by Gasteiger charge is -2.41. The second kappa shape index (κ2) is 8.36. The molecule has 2 aliphatic rings. The molecule has 30 heavy (non-hydrogen) atoms. The van der Waals surface area contributed by atoms with Gasteiger partial charge in [0.05, 0.1) is 13.2 Å². The molecule has 0 radical (unpaired) electrons. The Morgan fingerprint density at radius 2 is 1.67 bits per heavy atom. The van der Waals surface area contributed by atoms with E-state index in [0.717, 1.165) is 30.4 Å². The molecule has 0 spiro atoms. The van der Waals surface area contributed by atoms with Crippen molar-refractivity contribution in [2.75, 3.05) is 36.5 Å². The van der Waals surface area contributed by atoms with Crippen LogP contribution in [0.15, 0.2) is 46.4 Å². The Balaban J connectivity index is 1.75. The molecular weight excluding hydrogens is 376 g/mol. The number of rotatable bonds is 3. The van der Waals surface area contributed by atoms with Crippen LogP contribution in [-0.2, 0) is 4.74 Å². The van der Waals surface area contributed by atoms with E-state index in [1.165, 1.54) is 22.3 Å². The van der Waals surface area contributed by atoms with Gasteiger partial charge in [0.2, 0.25) is 18.2 Å². The summed E-state index contributed by atoms with van der Waals surface area (Å²) < 4.78 is 5.55. The van der Waals surface area contributed by atoms with E-state index in [2.05, 4.69) is 89.2 Å². The fourth-order valence-electron chi connectivity index (χ4n) is 3.89. The SMILES string of the molecule is Cc1cc(C)cc(N2C(N3CCOCC3)=NC(N)=NC2Nc2ccc(C)c(C)c2)c1. The maximum atomic E-state index is 6.17. The Morgan fingerprint density at radius 3 is 2.33 bits per heavy atom. The van der Waals surface area contributed by atoms with Crippen LogP contribution in [0.5, 0.6) is 0 Å². The normalized spacial score (nSPS) is 19.4. The summed E-state index contributed by atoms with van der Waals surface area (Å²) in [5, 5.41) is 3.56. The number of nitrogens with zero attached hydrogens (tertiary/aromatic N) is 4. The Hall–Kier alpha value is -3.06. The van der Waals surface area contributed by atoms with Crippen LogP contribution in [0.3, 0.4) is 0 Å². The fourth-order valence-corrected chi connectivity index (χ4v) is 3.89. The van der Waals surface area contributed by atoms with E-state index < -0.39 is 6.29 Å². The molecule has 2 aromatic rings. The Labute approximate surface area is 178 Å². The van der Waals surface area contributed by atoms with E-state index in [1.807, 2.05) is 0 Å². The van der Waals surface area contributed by atoms with Gasteiger partial charge in [-0.25, -0.2) is 4.99 Å². The molecule has 7 heteroatoms. The number of anilines is 2. The van der Waals surface area contributed by atoms with Crippen LogP contribution in [0.2, 0.25) is 0 Å². The number of benzene rings is 2. The minimum atomic E-state index is -0.399. The molecule has 2 heterocycles. The molecule has 2 aromatic carbocycles. The number of morpholine rings is 1. The second-order valence-electron chi connectivity index (χ2n) is 8.03. The van der Waals surface area contributed by atoms with Crippen LogP contribution in [0.4, 0.5) is 11.4 Å². The maximum absolute atomic E-state index is 6.17. The molecule has 1 fully saturated rings. The van der Waals surface area contributed by atoms with Crippen LogP contribution in [0.25, 0.3) is 0 Å². The molecule has 2 aliphatic heterocycles. The monoisotopic (exact) mass is 406 g/mol. The van der Waals surface area contributed by atoms with E-state index in [-0.39, 0.29) is 5.96 Å². The predicted octanol–water partition coefficient (Wildman–Crippen LogP) is 3.14. The standard InChI is InChI=1S/C23H30N6O/c1-15-11-16(2)13-20(12-15)29-22(25-19-6-5-17(3)18(4)14-19)26-21(24)27-23(29)28-7-9-30-10-8-28/h5-6,11-14,22,25H,7-10H2,1-4H3,(H2,24,26). The van der Waals surface area contributed by atoms with Gasteiger partial charge in [0, 0.05) is 24.5 Å². The van der Waals surface area contributed by atoms with Crippen molar-refractivity contribution in [3.63, 3.8) is 0 Å². The lowest BCUT2D eigenvalue weighted by molar-refractivity contribution is 0.0671. The number of guanidine groups is 2. The Bertz CT molecular complexity index is 973.